The maximum Gasteiger partial charge on any atom is 0.276 e. The molecule has 0 unspecified atom stereocenters. The zero-order valence-corrected chi connectivity index (χ0v) is 13.2. The number of rotatable bonds is 4. The third kappa shape index (κ3) is 3.26. The highest BCUT2D eigenvalue weighted by molar-refractivity contribution is 7.89. The van der Waals surface area contributed by atoms with E-state index in [9.17, 15) is 8.42 Å². The Bertz CT molecular complexity index is 733. The number of hydrogen-bond acceptors (Lipinski definition) is 4. The molecule has 0 spiro atoms. The van der Waals surface area contributed by atoms with Crippen LogP contribution in [-0.2, 0) is 10.0 Å². The Hall–Kier alpha value is -1.66. The maximum atomic E-state index is 12.3. The van der Waals surface area contributed by atoms with Crippen LogP contribution < -0.4 is 4.83 Å². The summed E-state index contributed by atoms with van der Waals surface area (Å²) in [6, 6.07) is 9.12. The Morgan fingerprint density at radius 3 is 2.65 bits per heavy atom. The second kappa shape index (κ2) is 5.76. The van der Waals surface area contributed by atoms with Gasteiger partial charge in [-0.05, 0) is 49.4 Å². The number of nitrogens with zero attached hydrogens (tertiary/aromatic N) is 1. The molecule has 0 aliphatic rings. The molecule has 1 N–H and O–H groups in total. The van der Waals surface area contributed by atoms with E-state index >= 15 is 0 Å². The Morgan fingerprint density at radius 2 is 2.00 bits per heavy atom. The van der Waals surface area contributed by atoms with Crippen LogP contribution in [0.1, 0.15) is 22.9 Å². The van der Waals surface area contributed by atoms with Crippen molar-refractivity contribution < 1.29 is 8.42 Å². The number of sulfonamides is 1. The van der Waals surface area contributed by atoms with Gasteiger partial charge in [0.2, 0.25) is 0 Å². The first-order chi connectivity index (χ1) is 9.40. The van der Waals surface area contributed by atoms with Crippen molar-refractivity contribution >= 4 is 27.1 Å². The van der Waals surface area contributed by atoms with Crippen molar-refractivity contribution in [1.29, 1.82) is 0 Å². The van der Waals surface area contributed by atoms with E-state index in [-0.39, 0.29) is 4.90 Å². The van der Waals surface area contributed by atoms with E-state index in [1.807, 2.05) is 30.5 Å². The van der Waals surface area contributed by atoms with Crippen LogP contribution >= 0.6 is 11.3 Å². The van der Waals surface area contributed by atoms with E-state index in [2.05, 4.69) is 9.93 Å². The molecule has 0 bridgehead atoms. The average molecular weight is 308 g/mol. The summed E-state index contributed by atoms with van der Waals surface area (Å²) in [5.41, 5.74) is 2.25. The molecule has 2 rings (SSSR count). The Balaban J connectivity index is 2.28. The summed E-state index contributed by atoms with van der Waals surface area (Å²) in [7, 11) is -3.63. The smallest absolute Gasteiger partial charge is 0.200 e. The van der Waals surface area contributed by atoms with E-state index < -0.39 is 10.0 Å². The van der Waals surface area contributed by atoms with Crippen LogP contribution in [-0.4, -0.2) is 14.1 Å². The van der Waals surface area contributed by atoms with Crippen molar-refractivity contribution in [3.05, 3.63) is 51.7 Å². The molecule has 1 aromatic carbocycles. The topological polar surface area (TPSA) is 58.5 Å². The minimum atomic E-state index is -3.63. The monoisotopic (exact) mass is 308 g/mol. The fourth-order valence-electron chi connectivity index (χ4n) is 1.71. The molecule has 2 aromatic rings. The molecular weight excluding hydrogens is 292 g/mol. The van der Waals surface area contributed by atoms with Crippen molar-refractivity contribution in [2.45, 2.75) is 25.7 Å². The summed E-state index contributed by atoms with van der Waals surface area (Å²) in [6.45, 7) is 5.40. The number of hydrazone groups is 1. The third-order valence-electron chi connectivity index (χ3n) is 2.84. The van der Waals surface area contributed by atoms with Crippen molar-refractivity contribution in [1.82, 2.24) is 4.83 Å². The number of nitrogens with one attached hydrogen (secondary N) is 1. The summed E-state index contributed by atoms with van der Waals surface area (Å²) in [5.74, 6) is 0. The molecule has 4 nitrogen and oxygen atoms in total. The summed E-state index contributed by atoms with van der Waals surface area (Å²) < 4.78 is 24.5. The standard InChI is InChI=1S/C14H16N2O2S2/c1-10-6-7-11(2)14(9-10)20(17,18)16-15-12(3)13-5-4-8-19-13/h4-9,16H,1-3H3/b15-12-. The van der Waals surface area contributed by atoms with Crippen LogP contribution in [0.4, 0.5) is 0 Å². The molecule has 0 aliphatic carbocycles. The fraction of sp³-hybridized carbons (Fsp3) is 0.214. The number of benzene rings is 1. The van der Waals surface area contributed by atoms with Crippen LogP contribution in [0.15, 0.2) is 45.7 Å². The summed E-state index contributed by atoms with van der Waals surface area (Å²) in [5, 5.41) is 5.90. The molecular formula is C14H16N2O2S2. The van der Waals surface area contributed by atoms with Gasteiger partial charge in [0.25, 0.3) is 10.0 Å². The first-order valence-electron chi connectivity index (χ1n) is 6.07. The van der Waals surface area contributed by atoms with Crippen LogP contribution in [0, 0.1) is 13.8 Å². The number of hydrogen-bond donors (Lipinski definition) is 1. The molecule has 1 heterocycles. The summed E-state index contributed by atoms with van der Waals surface area (Å²) in [6.07, 6.45) is 0. The zero-order chi connectivity index (χ0) is 14.8. The highest BCUT2D eigenvalue weighted by atomic mass is 32.2. The molecule has 0 amide bonds. The number of aryl methyl sites for hydroxylation is 2. The average Bonchev–Trinajstić information content (AvgIpc) is 2.93. The predicted molar refractivity (Wildman–Crippen MR) is 82.8 cm³/mol. The van der Waals surface area contributed by atoms with Gasteiger partial charge in [0.05, 0.1) is 15.5 Å². The summed E-state index contributed by atoms with van der Waals surface area (Å²) in [4.78, 5) is 3.50. The zero-order valence-electron chi connectivity index (χ0n) is 11.5. The third-order valence-corrected chi connectivity index (χ3v) is 5.17. The second-order valence-electron chi connectivity index (χ2n) is 4.54. The van der Waals surface area contributed by atoms with Gasteiger partial charge in [0.1, 0.15) is 0 Å². The predicted octanol–water partition coefficient (Wildman–Crippen LogP) is 3.07. The van der Waals surface area contributed by atoms with Crippen LogP contribution in [0.3, 0.4) is 0 Å². The largest absolute Gasteiger partial charge is 0.276 e. The molecule has 0 saturated carbocycles. The molecule has 0 radical (unpaired) electrons. The van der Waals surface area contributed by atoms with Crippen molar-refractivity contribution in [3.8, 4) is 0 Å². The van der Waals surface area contributed by atoms with Crippen molar-refractivity contribution in [2.24, 2.45) is 5.10 Å². The van der Waals surface area contributed by atoms with Crippen molar-refractivity contribution in [2.75, 3.05) is 0 Å². The minimum absolute atomic E-state index is 0.264. The van der Waals surface area contributed by atoms with Crippen molar-refractivity contribution in [3.63, 3.8) is 0 Å². The fourth-order valence-corrected chi connectivity index (χ4v) is 3.58. The van der Waals surface area contributed by atoms with Crippen LogP contribution in [0.25, 0.3) is 0 Å². The van der Waals surface area contributed by atoms with Gasteiger partial charge in [-0.25, -0.2) is 0 Å². The Morgan fingerprint density at radius 1 is 1.25 bits per heavy atom. The number of thiophene rings is 1. The first-order valence-corrected chi connectivity index (χ1v) is 8.43. The van der Waals surface area contributed by atoms with E-state index in [4.69, 9.17) is 0 Å². The molecule has 0 atom stereocenters. The quantitative estimate of drug-likeness (QED) is 0.697. The Kier molecular flexibility index (Phi) is 4.25. The SMILES string of the molecule is C/C(=N/NS(=O)(=O)c1cc(C)ccc1C)c1cccs1. The van der Waals surface area contributed by atoms with Gasteiger partial charge in [-0.3, -0.25) is 0 Å². The van der Waals surface area contributed by atoms with Crippen LogP contribution in [0.5, 0.6) is 0 Å². The van der Waals surface area contributed by atoms with E-state index in [1.54, 1.807) is 26.0 Å². The minimum Gasteiger partial charge on any atom is -0.200 e. The van der Waals surface area contributed by atoms with Gasteiger partial charge in [0.15, 0.2) is 0 Å². The molecule has 0 aliphatic heterocycles. The van der Waals surface area contributed by atoms with Gasteiger partial charge < -0.3 is 0 Å². The lowest BCUT2D eigenvalue weighted by atomic mass is 10.2. The van der Waals surface area contributed by atoms with Gasteiger partial charge in [-0.2, -0.15) is 18.4 Å². The summed E-state index contributed by atoms with van der Waals surface area (Å²) >= 11 is 1.52. The van der Waals surface area contributed by atoms with Gasteiger partial charge in [0, 0.05) is 0 Å². The highest BCUT2D eigenvalue weighted by Crippen LogP contribution is 2.17. The van der Waals surface area contributed by atoms with Crippen LogP contribution in [0.2, 0.25) is 0 Å². The molecule has 0 fully saturated rings. The second-order valence-corrected chi connectivity index (χ2v) is 7.12. The lowest BCUT2D eigenvalue weighted by Crippen LogP contribution is -2.20. The normalized spacial score (nSPS) is 12.4. The van der Waals surface area contributed by atoms with Gasteiger partial charge >= 0.3 is 0 Å². The first kappa shape index (κ1) is 14.7. The maximum absolute atomic E-state index is 12.3. The molecule has 1 aromatic heterocycles. The van der Waals surface area contributed by atoms with Gasteiger partial charge in [-0.15, -0.1) is 11.3 Å². The Labute approximate surface area is 123 Å². The molecule has 0 saturated heterocycles. The van der Waals surface area contributed by atoms with E-state index in [0.717, 1.165) is 10.4 Å². The molecule has 20 heavy (non-hydrogen) atoms. The van der Waals surface area contributed by atoms with E-state index in [0.29, 0.717) is 11.3 Å². The van der Waals surface area contributed by atoms with E-state index in [1.165, 1.54) is 11.3 Å². The lowest BCUT2D eigenvalue weighted by molar-refractivity contribution is 0.583. The molecule has 106 valence electrons. The molecule has 6 heteroatoms. The highest BCUT2D eigenvalue weighted by Gasteiger charge is 2.16. The van der Waals surface area contributed by atoms with Gasteiger partial charge in [-0.1, -0.05) is 18.2 Å². The lowest BCUT2D eigenvalue weighted by Gasteiger charge is -2.08.